The summed E-state index contributed by atoms with van der Waals surface area (Å²) in [5.74, 6) is -0.734. The fraction of sp³-hybridized carbons (Fsp3) is 0. The summed E-state index contributed by atoms with van der Waals surface area (Å²) >= 11 is 5.91. The summed E-state index contributed by atoms with van der Waals surface area (Å²) < 4.78 is 12.9. The molecular weight excluding hydrogens is 319 g/mol. The normalized spacial score (nSPS) is 11.7. The van der Waals surface area contributed by atoms with Crippen LogP contribution in [0, 0.1) is 5.82 Å². The van der Waals surface area contributed by atoms with Crippen LogP contribution in [0.15, 0.2) is 53.6 Å². The fourth-order valence-electron chi connectivity index (χ4n) is 2.08. The molecule has 0 atom stereocenters. The number of hydrogen-bond donors (Lipinski definition) is 3. The highest BCUT2D eigenvalue weighted by Gasteiger charge is 2.09. The van der Waals surface area contributed by atoms with Crippen molar-refractivity contribution in [1.29, 1.82) is 0 Å². The minimum absolute atomic E-state index is 0.0810. The topological polar surface area (TPSA) is 83.3 Å². The predicted octanol–water partition coefficient (Wildman–Crippen LogP) is 3.01. The summed E-state index contributed by atoms with van der Waals surface area (Å²) in [5, 5.41) is 5.22. The maximum atomic E-state index is 12.9. The molecule has 0 bridgehead atoms. The van der Waals surface area contributed by atoms with Gasteiger partial charge in [-0.1, -0.05) is 11.6 Å². The van der Waals surface area contributed by atoms with Crippen LogP contribution in [0.3, 0.4) is 0 Å². The second kappa shape index (κ2) is 6.10. The van der Waals surface area contributed by atoms with Gasteiger partial charge < -0.3 is 10.7 Å². The van der Waals surface area contributed by atoms with Gasteiger partial charge in [-0.15, -0.1) is 0 Å². The Morgan fingerprint density at radius 3 is 2.65 bits per heavy atom. The van der Waals surface area contributed by atoms with Crippen LogP contribution in [0.4, 0.5) is 4.39 Å². The smallest absolute Gasteiger partial charge is 0.287 e. The van der Waals surface area contributed by atoms with Crippen molar-refractivity contribution in [3.63, 3.8) is 0 Å². The predicted molar refractivity (Wildman–Crippen MR) is 87.9 cm³/mol. The molecule has 1 heterocycles. The molecular formula is C16H12ClFN4O. The third-order valence-electron chi connectivity index (χ3n) is 3.25. The lowest BCUT2D eigenvalue weighted by Crippen LogP contribution is -2.24. The molecule has 5 nitrogen and oxygen atoms in total. The molecule has 0 saturated carbocycles. The lowest BCUT2D eigenvalue weighted by atomic mass is 10.2. The molecule has 4 N–H and O–H groups in total. The van der Waals surface area contributed by atoms with Gasteiger partial charge in [-0.05, 0) is 48.5 Å². The van der Waals surface area contributed by atoms with Crippen LogP contribution in [0.2, 0.25) is 5.02 Å². The number of H-pyrrole nitrogens is 1. The van der Waals surface area contributed by atoms with E-state index in [1.54, 1.807) is 24.3 Å². The van der Waals surface area contributed by atoms with Crippen LogP contribution in [0.1, 0.15) is 16.1 Å². The largest absolute Gasteiger partial charge is 0.382 e. The van der Waals surface area contributed by atoms with Crippen LogP contribution < -0.4 is 11.2 Å². The number of carbonyl (C=O) groups excluding carboxylic acids is 1. The third kappa shape index (κ3) is 3.32. The number of carbonyl (C=O) groups is 1. The van der Waals surface area contributed by atoms with Crippen LogP contribution in [-0.4, -0.2) is 16.7 Å². The number of amidine groups is 1. The van der Waals surface area contributed by atoms with Gasteiger partial charge >= 0.3 is 0 Å². The van der Waals surface area contributed by atoms with Gasteiger partial charge in [0.05, 0.1) is 0 Å². The molecule has 0 aliphatic heterocycles. The molecule has 0 saturated heterocycles. The first-order valence-corrected chi connectivity index (χ1v) is 7.08. The molecule has 3 rings (SSSR count). The molecule has 0 spiro atoms. The number of benzene rings is 2. The maximum Gasteiger partial charge on any atom is 0.287 e. The average molecular weight is 331 g/mol. The van der Waals surface area contributed by atoms with E-state index in [1.165, 1.54) is 24.3 Å². The average Bonchev–Trinajstić information content (AvgIpc) is 2.96. The summed E-state index contributed by atoms with van der Waals surface area (Å²) in [6, 6.07) is 12.4. The molecule has 0 radical (unpaired) electrons. The number of nitrogens with one attached hydrogen (secondary N) is 2. The highest BCUT2D eigenvalue weighted by atomic mass is 35.5. The number of halogens is 2. The number of aromatic nitrogens is 1. The van der Waals surface area contributed by atoms with E-state index in [1.807, 2.05) is 0 Å². The van der Waals surface area contributed by atoms with Crippen LogP contribution in [0.5, 0.6) is 0 Å². The first-order chi connectivity index (χ1) is 11.0. The number of fused-ring (bicyclic) bond motifs is 1. The van der Waals surface area contributed by atoms with E-state index in [-0.39, 0.29) is 11.7 Å². The Balaban J connectivity index is 1.77. The van der Waals surface area contributed by atoms with Gasteiger partial charge in [0.15, 0.2) is 5.84 Å². The third-order valence-corrected chi connectivity index (χ3v) is 3.48. The van der Waals surface area contributed by atoms with Gasteiger partial charge in [0.2, 0.25) is 0 Å². The summed E-state index contributed by atoms with van der Waals surface area (Å²) in [6.45, 7) is 0. The minimum Gasteiger partial charge on any atom is -0.382 e. The number of nitrogens with two attached hydrogens (primary N) is 1. The van der Waals surface area contributed by atoms with Crippen LogP contribution >= 0.6 is 11.6 Å². The van der Waals surface area contributed by atoms with Crippen molar-refractivity contribution < 1.29 is 9.18 Å². The van der Waals surface area contributed by atoms with Crippen molar-refractivity contribution in [2.45, 2.75) is 0 Å². The fourth-order valence-corrected chi connectivity index (χ4v) is 2.26. The highest BCUT2D eigenvalue weighted by Crippen LogP contribution is 2.20. The Morgan fingerprint density at radius 2 is 1.91 bits per heavy atom. The Bertz CT molecular complexity index is 902. The molecule has 0 unspecified atom stereocenters. The van der Waals surface area contributed by atoms with Crippen molar-refractivity contribution in [3.05, 3.63) is 70.6 Å². The minimum atomic E-state index is -0.442. The number of rotatable bonds is 3. The van der Waals surface area contributed by atoms with Crippen molar-refractivity contribution >= 4 is 34.2 Å². The Hall–Kier alpha value is -2.86. The summed E-state index contributed by atoms with van der Waals surface area (Å²) in [4.78, 5) is 15.1. The zero-order valence-corrected chi connectivity index (χ0v) is 12.6. The first-order valence-electron chi connectivity index (χ1n) is 6.70. The van der Waals surface area contributed by atoms with Crippen molar-refractivity contribution in [2.24, 2.45) is 10.8 Å². The molecule has 23 heavy (non-hydrogen) atoms. The lowest BCUT2D eigenvalue weighted by molar-refractivity contribution is 0.0950. The second-order valence-corrected chi connectivity index (χ2v) is 5.30. The molecule has 1 amide bonds. The molecule has 1 aromatic heterocycles. The molecule has 116 valence electrons. The lowest BCUT2D eigenvalue weighted by Gasteiger charge is -2.01. The van der Waals surface area contributed by atoms with Crippen molar-refractivity contribution in [1.82, 2.24) is 10.4 Å². The highest BCUT2D eigenvalue weighted by molar-refractivity contribution is 6.31. The summed E-state index contributed by atoms with van der Waals surface area (Å²) in [5.41, 5.74) is 9.73. The van der Waals surface area contributed by atoms with E-state index in [2.05, 4.69) is 15.5 Å². The number of aromatic amines is 1. The van der Waals surface area contributed by atoms with Gasteiger partial charge in [-0.2, -0.15) is 5.10 Å². The van der Waals surface area contributed by atoms with Gasteiger partial charge in [0.25, 0.3) is 5.91 Å². The quantitative estimate of drug-likeness (QED) is 0.392. The molecule has 3 aromatic rings. The van der Waals surface area contributed by atoms with E-state index < -0.39 is 5.91 Å². The number of amides is 1. The maximum absolute atomic E-state index is 12.9. The summed E-state index contributed by atoms with van der Waals surface area (Å²) in [6.07, 6.45) is 0. The Labute approximate surface area is 135 Å². The second-order valence-electron chi connectivity index (χ2n) is 4.86. The Morgan fingerprint density at radius 1 is 1.17 bits per heavy atom. The van der Waals surface area contributed by atoms with Crippen molar-refractivity contribution in [3.8, 4) is 0 Å². The standard InChI is InChI=1S/C16H12ClFN4O/c17-11-3-6-13-10(7-11)8-14(20-13)16(23)22-21-15(19)9-1-4-12(18)5-2-9/h1-8,20H,(H2,19,21)(H,22,23). The zero-order chi connectivity index (χ0) is 16.4. The molecule has 2 aromatic carbocycles. The van der Waals surface area contributed by atoms with Crippen LogP contribution in [0.25, 0.3) is 10.9 Å². The van der Waals surface area contributed by atoms with Gasteiger partial charge in [-0.25, -0.2) is 9.82 Å². The number of hydrazone groups is 1. The monoisotopic (exact) mass is 330 g/mol. The van der Waals surface area contributed by atoms with E-state index in [4.69, 9.17) is 17.3 Å². The molecule has 7 heteroatoms. The van der Waals surface area contributed by atoms with Gasteiger partial charge in [0, 0.05) is 21.5 Å². The zero-order valence-electron chi connectivity index (χ0n) is 11.8. The number of hydrogen-bond acceptors (Lipinski definition) is 2. The molecule has 0 fully saturated rings. The van der Waals surface area contributed by atoms with Crippen molar-refractivity contribution in [2.75, 3.05) is 0 Å². The van der Waals surface area contributed by atoms with Crippen LogP contribution in [-0.2, 0) is 0 Å². The molecule has 0 aliphatic carbocycles. The molecule has 0 aliphatic rings. The van der Waals surface area contributed by atoms with Gasteiger partial charge in [0.1, 0.15) is 11.5 Å². The summed E-state index contributed by atoms with van der Waals surface area (Å²) in [7, 11) is 0. The van der Waals surface area contributed by atoms with Gasteiger partial charge in [-0.3, -0.25) is 4.79 Å². The first kappa shape index (κ1) is 15.1. The van der Waals surface area contributed by atoms with E-state index in [0.717, 1.165) is 10.9 Å². The van der Waals surface area contributed by atoms with E-state index >= 15 is 0 Å². The SMILES string of the molecule is NC(=NNC(=O)c1cc2cc(Cl)ccc2[nH]1)c1ccc(F)cc1. The van der Waals surface area contributed by atoms with E-state index in [9.17, 15) is 9.18 Å². The van der Waals surface area contributed by atoms with E-state index in [0.29, 0.717) is 16.3 Å². The Kier molecular flexibility index (Phi) is 3.99. The number of nitrogens with zero attached hydrogens (tertiary/aromatic N) is 1.